The van der Waals surface area contributed by atoms with Gasteiger partial charge in [-0.2, -0.15) is 5.10 Å². The summed E-state index contributed by atoms with van der Waals surface area (Å²) in [6.07, 6.45) is 2.78. The Labute approximate surface area is 200 Å². The van der Waals surface area contributed by atoms with Crippen LogP contribution < -0.4 is 25.5 Å². The van der Waals surface area contributed by atoms with Gasteiger partial charge in [-0.25, -0.2) is 5.43 Å². The van der Waals surface area contributed by atoms with Crippen LogP contribution in [0.2, 0.25) is 10.0 Å². The molecule has 33 heavy (non-hydrogen) atoms. The zero-order chi connectivity index (χ0) is 24.2. The Morgan fingerprint density at radius 2 is 1.76 bits per heavy atom. The second kappa shape index (κ2) is 13.1. The van der Waals surface area contributed by atoms with Gasteiger partial charge in [0, 0.05) is 22.3 Å². The quantitative estimate of drug-likeness (QED) is 0.203. The molecule has 0 atom stereocenters. The number of carbonyl (C=O) groups is 3. The van der Waals surface area contributed by atoms with E-state index in [0.717, 1.165) is 0 Å². The molecule has 0 aliphatic heterocycles. The third-order valence-electron chi connectivity index (χ3n) is 3.77. The van der Waals surface area contributed by atoms with Crippen molar-refractivity contribution >= 4 is 52.8 Å². The van der Waals surface area contributed by atoms with Crippen LogP contribution in [-0.4, -0.2) is 43.7 Å². The SMILES string of the molecule is C=CCNC(=O)C(=O)N/N=C\c1ccc(OCC(=O)Nc2cc(Cl)cc(Cl)c2)c(OCC)c1. The number of carbonyl (C=O) groups excluding carboxylic acids is 3. The number of rotatable bonds is 10. The van der Waals surface area contributed by atoms with Gasteiger partial charge in [-0.1, -0.05) is 29.3 Å². The van der Waals surface area contributed by atoms with Gasteiger partial charge >= 0.3 is 11.8 Å². The standard InChI is InChI=1S/C22H22Cl2N4O5/c1-3-7-25-21(30)22(31)28-26-12-14-5-6-18(19(8-14)32-4-2)33-13-20(29)27-17-10-15(23)9-16(24)11-17/h3,5-6,8-12H,1,4,7,13H2,2H3,(H,25,30)(H,27,29)(H,28,31)/b26-12-. The Hall–Kier alpha value is -3.56. The monoisotopic (exact) mass is 492 g/mol. The van der Waals surface area contributed by atoms with Crippen molar-refractivity contribution < 1.29 is 23.9 Å². The summed E-state index contributed by atoms with van der Waals surface area (Å²) in [5.74, 6) is -1.45. The van der Waals surface area contributed by atoms with Crippen LogP contribution in [0.1, 0.15) is 12.5 Å². The van der Waals surface area contributed by atoms with Crippen LogP contribution in [0, 0.1) is 0 Å². The number of nitrogens with one attached hydrogen (secondary N) is 3. The molecule has 3 N–H and O–H groups in total. The van der Waals surface area contributed by atoms with Crippen LogP contribution in [0.4, 0.5) is 5.69 Å². The summed E-state index contributed by atoms with van der Waals surface area (Å²) in [5.41, 5.74) is 3.13. The number of halogens is 2. The topological polar surface area (TPSA) is 118 Å². The summed E-state index contributed by atoms with van der Waals surface area (Å²) >= 11 is 11.9. The molecule has 3 amide bonds. The third kappa shape index (κ3) is 8.83. The fraction of sp³-hybridized carbons (Fsp3) is 0.182. The van der Waals surface area contributed by atoms with E-state index >= 15 is 0 Å². The molecular formula is C22H22Cl2N4O5. The normalized spacial score (nSPS) is 10.4. The zero-order valence-corrected chi connectivity index (χ0v) is 19.2. The minimum absolute atomic E-state index is 0.167. The first kappa shape index (κ1) is 25.7. The first-order valence-corrected chi connectivity index (χ1v) is 10.5. The summed E-state index contributed by atoms with van der Waals surface area (Å²) in [6, 6.07) is 9.52. The van der Waals surface area contributed by atoms with E-state index in [2.05, 4.69) is 27.7 Å². The van der Waals surface area contributed by atoms with E-state index in [1.54, 1.807) is 43.3 Å². The molecule has 2 aromatic rings. The van der Waals surface area contributed by atoms with E-state index in [1.165, 1.54) is 12.3 Å². The molecule has 0 unspecified atom stereocenters. The average molecular weight is 493 g/mol. The van der Waals surface area contributed by atoms with Crippen molar-refractivity contribution in [3.63, 3.8) is 0 Å². The second-order valence-corrected chi connectivity index (χ2v) is 7.20. The van der Waals surface area contributed by atoms with Crippen molar-refractivity contribution in [3.05, 3.63) is 64.7 Å². The smallest absolute Gasteiger partial charge is 0.329 e. The Balaban J connectivity index is 1.98. The predicted octanol–water partition coefficient (Wildman–Crippen LogP) is 3.16. The molecule has 0 aliphatic carbocycles. The second-order valence-electron chi connectivity index (χ2n) is 6.33. The minimum Gasteiger partial charge on any atom is -0.490 e. The maximum absolute atomic E-state index is 12.2. The first-order chi connectivity index (χ1) is 15.8. The van der Waals surface area contributed by atoms with Crippen LogP contribution in [0.5, 0.6) is 11.5 Å². The lowest BCUT2D eigenvalue weighted by atomic mass is 10.2. The molecule has 0 heterocycles. The van der Waals surface area contributed by atoms with Crippen molar-refractivity contribution in [2.24, 2.45) is 5.10 Å². The molecule has 174 valence electrons. The van der Waals surface area contributed by atoms with Gasteiger partial charge in [0.05, 0.1) is 12.8 Å². The summed E-state index contributed by atoms with van der Waals surface area (Å²) < 4.78 is 11.1. The lowest BCUT2D eigenvalue weighted by Crippen LogP contribution is -2.37. The van der Waals surface area contributed by atoms with Crippen molar-refractivity contribution in [1.29, 1.82) is 0 Å². The Morgan fingerprint density at radius 3 is 2.42 bits per heavy atom. The van der Waals surface area contributed by atoms with Gasteiger partial charge < -0.3 is 20.1 Å². The van der Waals surface area contributed by atoms with E-state index in [-0.39, 0.29) is 13.2 Å². The number of amides is 3. The molecule has 2 aromatic carbocycles. The van der Waals surface area contributed by atoms with Crippen molar-refractivity contribution in [1.82, 2.24) is 10.7 Å². The number of hydrogen-bond donors (Lipinski definition) is 3. The number of hydrazone groups is 1. The molecule has 0 bridgehead atoms. The zero-order valence-electron chi connectivity index (χ0n) is 17.7. The van der Waals surface area contributed by atoms with Crippen LogP contribution >= 0.6 is 23.2 Å². The Bertz CT molecular complexity index is 1040. The maximum atomic E-state index is 12.2. The lowest BCUT2D eigenvalue weighted by Gasteiger charge is -2.13. The predicted molar refractivity (Wildman–Crippen MR) is 127 cm³/mol. The molecule has 0 saturated carbocycles. The van der Waals surface area contributed by atoms with Gasteiger partial charge in [0.1, 0.15) is 0 Å². The highest BCUT2D eigenvalue weighted by atomic mass is 35.5. The summed E-state index contributed by atoms with van der Waals surface area (Å²) in [6.45, 7) is 5.47. The van der Waals surface area contributed by atoms with Crippen LogP contribution in [0.15, 0.2) is 54.2 Å². The highest BCUT2D eigenvalue weighted by Gasteiger charge is 2.12. The first-order valence-electron chi connectivity index (χ1n) is 9.70. The van der Waals surface area contributed by atoms with Gasteiger partial charge in [-0.3, -0.25) is 14.4 Å². The number of ether oxygens (including phenoxy) is 2. The van der Waals surface area contributed by atoms with Gasteiger partial charge in [0.2, 0.25) is 0 Å². The lowest BCUT2D eigenvalue weighted by molar-refractivity contribution is -0.139. The van der Waals surface area contributed by atoms with E-state index in [9.17, 15) is 14.4 Å². The fourth-order valence-corrected chi connectivity index (χ4v) is 2.95. The number of benzene rings is 2. The molecular weight excluding hydrogens is 471 g/mol. The van der Waals surface area contributed by atoms with Crippen LogP contribution in [0.3, 0.4) is 0 Å². The van der Waals surface area contributed by atoms with Gasteiger partial charge in [0.15, 0.2) is 18.1 Å². The number of hydrogen-bond acceptors (Lipinski definition) is 6. The molecule has 0 saturated heterocycles. The summed E-state index contributed by atoms with van der Waals surface area (Å²) in [7, 11) is 0. The van der Waals surface area contributed by atoms with E-state index in [4.69, 9.17) is 32.7 Å². The molecule has 0 fully saturated rings. The average Bonchev–Trinajstić information content (AvgIpc) is 2.76. The number of anilines is 1. The largest absolute Gasteiger partial charge is 0.490 e. The van der Waals surface area contributed by atoms with Gasteiger partial charge in [-0.05, 0) is 48.9 Å². The molecule has 2 rings (SSSR count). The van der Waals surface area contributed by atoms with Crippen LogP contribution in [-0.2, 0) is 14.4 Å². The Morgan fingerprint density at radius 1 is 1.03 bits per heavy atom. The van der Waals surface area contributed by atoms with Crippen molar-refractivity contribution in [2.75, 3.05) is 25.1 Å². The highest BCUT2D eigenvalue weighted by Crippen LogP contribution is 2.28. The van der Waals surface area contributed by atoms with Gasteiger partial charge in [0.25, 0.3) is 5.91 Å². The Kier molecular flexibility index (Phi) is 10.2. The van der Waals surface area contributed by atoms with E-state index in [0.29, 0.717) is 39.4 Å². The minimum atomic E-state index is -0.912. The van der Waals surface area contributed by atoms with E-state index < -0.39 is 17.7 Å². The van der Waals surface area contributed by atoms with Crippen molar-refractivity contribution in [2.45, 2.75) is 6.92 Å². The van der Waals surface area contributed by atoms with Crippen molar-refractivity contribution in [3.8, 4) is 11.5 Å². The molecule has 0 spiro atoms. The molecule has 0 radical (unpaired) electrons. The molecule has 11 heteroatoms. The highest BCUT2D eigenvalue weighted by molar-refractivity contribution is 6.35. The third-order valence-corrected chi connectivity index (χ3v) is 4.20. The van der Waals surface area contributed by atoms with E-state index in [1.807, 2.05) is 0 Å². The summed E-state index contributed by atoms with van der Waals surface area (Å²) in [5, 5.41) is 9.50. The maximum Gasteiger partial charge on any atom is 0.329 e. The molecule has 0 aliphatic rings. The van der Waals surface area contributed by atoms with Gasteiger partial charge in [-0.15, -0.1) is 6.58 Å². The number of nitrogens with zero attached hydrogens (tertiary/aromatic N) is 1. The molecule has 9 nitrogen and oxygen atoms in total. The fourth-order valence-electron chi connectivity index (χ4n) is 2.42. The molecule has 0 aromatic heterocycles. The summed E-state index contributed by atoms with van der Waals surface area (Å²) in [4.78, 5) is 35.3. The van der Waals surface area contributed by atoms with Crippen LogP contribution in [0.25, 0.3) is 0 Å².